The molecule has 112 valence electrons. The molecule has 0 aromatic carbocycles. The highest BCUT2D eigenvalue weighted by molar-refractivity contribution is 5.82. The highest BCUT2D eigenvalue weighted by Crippen LogP contribution is 2.05. The van der Waals surface area contributed by atoms with Crippen molar-refractivity contribution in [2.75, 3.05) is 13.1 Å². The maximum absolute atomic E-state index is 11.5. The van der Waals surface area contributed by atoms with Crippen molar-refractivity contribution in [3.63, 3.8) is 0 Å². The van der Waals surface area contributed by atoms with Crippen molar-refractivity contribution in [2.24, 2.45) is 7.05 Å². The lowest BCUT2D eigenvalue weighted by Crippen LogP contribution is -2.40. The molecule has 0 aliphatic heterocycles. The maximum Gasteiger partial charge on any atom is 0.408 e. The minimum atomic E-state index is -0.600. The third-order valence-corrected chi connectivity index (χ3v) is 2.25. The Morgan fingerprint density at radius 2 is 2.05 bits per heavy atom. The first kappa shape index (κ1) is 16.0. The third kappa shape index (κ3) is 6.77. The van der Waals surface area contributed by atoms with Crippen LogP contribution >= 0.6 is 0 Å². The molecule has 0 unspecified atom stereocenters. The number of rotatable bonds is 5. The number of aryl methyl sites for hydroxylation is 1. The van der Waals surface area contributed by atoms with Crippen molar-refractivity contribution >= 4 is 12.0 Å². The number of imidazole rings is 1. The molecule has 7 nitrogen and oxygen atoms in total. The monoisotopic (exact) mass is 282 g/mol. The van der Waals surface area contributed by atoms with E-state index in [4.69, 9.17) is 4.74 Å². The summed E-state index contributed by atoms with van der Waals surface area (Å²) in [6, 6.07) is 0. The smallest absolute Gasteiger partial charge is 0.408 e. The van der Waals surface area contributed by atoms with Gasteiger partial charge in [-0.1, -0.05) is 0 Å². The molecule has 0 aliphatic rings. The second-order valence-corrected chi connectivity index (χ2v) is 5.49. The normalized spacial score (nSPS) is 11.0. The summed E-state index contributed by atoms with van der Waals surface area (Å²) in [7, 11) is 1.89. The standard InChI is InChI=1S/C13H22N4O3/c1-13(2,3)20-12(19)15-7-11(18)14-6-5-10-8-17(4)9-16-10/h8-9H,5-7H2,1-4H3,(H,14,18)(H,15,19). The molecule has 1 aromatic heterocycles. The Morgan fingerprint density at radius 3 is 2.60 bits per heavy atom. The second kappa shape index (κ2) is 6.93. The topological polar surface area (TPSA) is 85.3 Å². The van der Waals surface area contributed by atoms with Crippen LogP contribution in [-0.2, 0) is 23.0 Å². The van der Waals surface area contributed by atoms with Crippen LogP contribution in [0.15, 0.2) is 12.5 Å². The first-order valence-electron chi connectivity index (χ1n) is 6.46. The summed E-state index contributed by atoms with van der Waals surface area (Å²) < 4.78 is 6.87. The van der Waals surface area contributed by atoms with Crippen molar-refractivity contribution in [1.82, 2.24) is 20.2 Å². The number of nitrogens with one attached hydrogen (secondary N) is 2. The van der Waals surface area contributed by atoms with Gasteiger partial charge >= 0.3 is 6.09 Å². The molecule has 0 fully saturated rings. The number of nitrogens with zero attached hydrogens (tertiary/aromatic N) is 2. The van der Waals surface area contributed by atoms with Gasteiger partial charge in [0.25, 0.3) is 0 Å². The summed E-state index contributed by atoms with van der Waals surface area (Å²) in [6.07, 6.45) is 3.66. The van der Waals surface area contributed by atoms with E-state index in [-0.39, 0.29) is 12.5 Å². The van der Waals surface area contributed by atoms with Crippen molar-refractivity contribution in [3.8, 4) is 0 Å². The van der Waals surface area contributed by atoms with Gasteiger partial charge in [0, 0.05) is 26.2 Å². The van der Waals surface area contributed by atoms with E-state index in [0.29, 0.717) is 13.0 Å². The van der Waals surface area contributed by atoms with Gasteiger partial charge in [-0.15, -0.1) is 0 Å². The van der Waals surface area contributed by atoms with E-state index in [1.807, 2.05) is 17.8 Å². The average molecular weight is 282 g/mol. The van der Waals surface area contributed by atoms with E-state index in [1.54, 1.807) is 27.1 Å². The van der Waals surface area contributed by atoms with Crippen LogP contribution in [0.1, 0.15) is 26.5 Å². The molecule has 7 heteroatoms. The largest absolute Gasteiger partial charge is 0.444 e. The van der Waals surface area contributed by atoms with Gasteiger partial charge in [0.1, 0.15) is 5.60 Å². The van der Waals surface area contributed by atoms with E-state index in [1.165, 1.54) is 0 Å². The van der Waals surface area contributed by atoms with Crippen LogP contribution in [0, 0.1) is 0 Å². The van der Waals surface area contributed by atoms with Gasteiger partial charge in [0.2, 0.25) is 5.91 Å². The van der Waals surface area contributed by atoms with Crippen LogP contribution in [0.3, 0.4) is 0 Å². The van der Waals surface area contributed by atoms with Gasteiger partial charge < -0.3 is 19.9 Å². The predicted molar refractivity (Wildman–Crippen MR) is 74.2 cm³/mol. The lowest BCUT2D eigenvalue weighted by molar-refractivity contribution is -0.120. The molecule has 0 aliphatic carbocycles. The Hall–Kier alpha value is -2.05. The molecular formula is C13H22N4O3. The molecule has 0 saturated heterocycles. The summed E-state index contributed by atoms with van der Waals surface area (Å²) in [4.78, 5) is 27.0. The first-order valence-corrected chi connectivity index (χ1v) is 6.46. The van der Waals surface area contributed by atoms with Crippen LogP contribution in [0.4, 0.5) is 4.79 Å². The minimum absolute atomic E-state index is 0.100. The van der Waals surface area contributed by atoms with Gasteiger partial charge in [-0.3, -0.25) is 4.79 Å². The predicted octanol–water partition coefficient (Wildman–Crippen LogP) is 0.603. The van der Waals surface area contributed by atoms with Gasteiger partial charge in [-0.25, -0.2) is 9.78 Å². The van der Waals surface area contributed by atoms with Crippen molar-refractivity contribution in [1.29, 1.82) is 0 Å². The van der Waals surface area contributed by atoms with Crippen LogP contribution in [0.2, 0.25) is 0 Å². The Kier molecular flexibility index (Phi) is 5.54. The molecule has 2 N–H and O–H groups in total. The zero-order valence-electron chi connectivity index (χ0n) is 12.4. The first-order chi connectivity index (χ1) is 9.26. The summed E-state index contributed by atoms with van der Waals surface area (Å²) in [5.74, 6) is -0.258. The molecule has 0 bridgehead atoms. The fraction of sp³-hybridized carbons (Fsp3) is 0.615. The van der Waals surface area contributed by atoms with Gasteiger partial charge in [0.15, 0.2) is 0 Å². The molecule has 1 heterocycles. The van der Waals surface area contributed by atoms with Crippen molar-refractivity contribution in [3.05, 3.63) is 18.2 Å². The molecule has 2 amide bonds. The summed E-state index contributed by atoms with van der Waals surface area (Å²) in [5, 5.41) is 5.10. The summed E-state index contributed by atoms with van der Waals surface area (Å²) in [6.45, 7) is 5.67. The number of hydrogen-bond donors (Lipinski definition) is 2. The fourth-order valence-electron chi connectivity index (χ4n) is 1.46. The number of ether oxygens (including phenoxy) is 1. The lowest BCUT2D eigenvalue weighted by Gasteiger charge is -2.19. The fourth-order valence-corrected chi connectivity index (χ4v) is 1.46. The molecule has 1 rings (SSSR count). The summed E-state index contributed by atoms with van der Waals surface area (Å²) >= 11 is 0. The second-order valence-electron chi connectivity index (χ2n) is 5.49. The zero-order chi connectivity index (χ0) is 15.2. The SMILES string of the molecule is Cn1cnc(CCNC(=O)CNC(=O)OC(C)(C)C)c1. The Balaban J connectivity index is 2.16. The van der Waals surface area contributed by atoms with Crippen LogP contribution in [-0.4, -0.2) is 40.2 Å². The van der Waals surface area contributed by atoms with E-state index in [9.17, 15) is 9.59 Å². The highest BCUT2D eigenvalue weighted by Gasteiger charge is 2.16. The van der Waals surface area contributed by atoms with Crippen molar-refractivity contribution < 1.29 is 14.3 Å². The number of alkyl carbamates (subject to hydrolysis) is 1. The van der Waals surface area contributed by atoms with Gasteiger partial charge in [-0.2, -0.15) is 0 Å². The maximum atomic E-state index is 11.5. The Bertz CT molecular complexity index is 462. The molecule has 1 aromatic rings. The molecule has 0 saturated carbocycles. The minimum Gasteiger partial charge on any atom is -0.444 e. The quantitative estimate of drug-likeness (QED) is 0.828. The van der Waals surface area contributed by atoms with E-state index in [0.717, 1.165) is 5.69 Å². The molecule has 20 heavy (non-hydrogen) atoms. The molecule has 0 spiro atoms. The van der Waals surface area contributed by atoms with E-state index >= 15 is 0 Å². The van der Waals surface area contributed by atoms with Gasteiger partial charge in [-0.05, 0) is 20.8 Å². The van der Waals surface area contributed by atoms with E-state index in [2.05, 4.69) is 15.6 Å². The lowest BCUT2D eigenvalue weighted by atomic mass is 10.2. The molecular weight excluding hydrogens is 260 g/mol. The molecule has 0 radical (unpaired) electrons. The van der Waals surface area contributed by atoms with Crippen molar-refractivity contribution in [2.45, 2.75) is 32.8 Å². The van der Waals surface area contributed by atoms with Crippen LogP contribution < -0.4 is 10.6 Å². The van der Waals surface area contributed by atoms with Crippen LogP contribution in [0.25, 0.3) is 0 Å². The Labute approximate surface area is 118 Å². The number of hydrogen-bond acceptors (Lipinski definition) is 4. The summed E-state index contributed by atoms with van der Waals surface area (Å²) in [5.41, 5.74) is 0.340. The third-order valence-electron chi connectivity index (χ3n) is 2.25. The number of carbonyl (C=O) groups is 2. The Morgan fingerprint density at radius 1 is 1.35 bits per heavy atom. The number of aromatic nitrogens is 2. The van der Waals surface area contributed by atoms with Gasteiger partial charge in [0.05, 0.1) is 18.6 Å². The zero-order valence-corrected chi connectivity index (χ0v) is 12.4. The average Bonchev–Trinajstić information content (AvgIpc) is 2.70. The molecule has 0 atom stereocenters. The van der Waals surface area contributed by atoms with Crippen LogP contribution in [0.5, 0.6) is 0 Å². The number of amides is 2. The van der Waals surface area contributed by atoms with E-state index < -0.39 is 11.7 Å². The highest BCUT2D eigenvalue weighted by atomic mass is 16.6. The number of carbonyl (C=O) groups excluding carboxylic acids is 2.